The molecule has 148 valence electrons. The van der Waals surface area contributed by atoms with Gasteiger partial charge in [0.05, 0.1) is 6.54 Å². The van der Waals surface area contributed by atoms with Crippen LogP contribution in [0.3, 0.4) is 0 Å². The summed E-state index contributed by atoms with van der Waals surface area (Å²) in [5, 5.41) is 16.3. The standard InChI is InChI=1S/C19H32FN3O3/c1-4-21-19(22-10-5-11-25-13-15(2)3)23-12-17(24)14-26-18-8-6-16(20)7-9-18/h6-9,15,17,24H,4-5,10-14H2,1-3H3,(H2,21,22,23). The van der Waals surface area contributed by atoms with E-state index in [1.165, 1.54) is 24.3 Å². The summed E-state index contributed by atoms with van der Waals surface area (Å²) in [5.41, 5.74) is 0. The lowest BCUT2D eigenvalue weighted by Crippen LogP contribution is -2.39. The van der Waals surface area contributed by atoms with Crippen molar-refractivity contribution >= 4 is 5.96 Å². The second-order valence-electron chi connectivity index (χ2n) is 6.39. The van der Waals surface area contributed by atoms with Gasteiger partial charge in [0.25, 0.3) is 0 Å². The SMILES string of the molecule is CCNC(=NCC(O)COc1ccc(F)cc1)NCCCOCC(C)C. The quantitative estimate of drug-likeness (QED) is 0.299. The lowest BCUT2D eigenvalue weighted by molar-refractivity contribution is 0.108. The van der Waals surface area contributed by atoms with Crippen molar-refractivity contribution < 1.29 is 19.0 Å². The number of guanidine groups is 1. The van der Waals surface area contributed by atoms with Crippen LogP contribution in [-0.2, 0) is 4.74 Å². The first-order valence-electron chi connectivity index (χ1n) is 9.17. The van der Waals surface area contributed by atoms with E-state index < -0.39 is 6.10 Å². The molecule has 1 aromatic carbocycles. The van der Waals surface area contributed by atoms with Crippen LogP contribution in [0.25, 0.3) is 0 Å². The summed E-state index contributed by atoms with van der Waals surface area (Å²) in [4.78, 5) is 4.35. The molecule has 0 amide bonds. The topological polar surface area (TPSA) is 75.1 Å². The average Bonchev–Trinajstić information content (AvgIpc) is 2.61. The Morgan fingerprint density at radius 1 is 1.19 bits per heavy atom. The van der Waals surface area contributed by atoms with Crippen molar-refractivity contribution in [3.8, 4) is 5.75 Å². The van der Waals surface area contributed by atoms with Crippen LogP contribution in [0.1, 0.15) is 27.2 Å². The van der Waals surface area contributed by atoms with Crippen LogP contribution >= 0.6 is 0 Å². The van der Waals surface area contributed by atoms with Crippen LogP contribution in [0.2, 0.25) is 0 Å². The van der Waals surface area contributed by atoms with E-state index in [9.17, 15) is 9.50 Å². The highest BCUT2D eigenvalue weighted by Crippen LogP contribution is 2.11. The first-order chi connectivity index (χ1) is 12.5. The molecule has 0 saturated carbocycles. The third-order valence-electron chi connectivity index (χ3n) is 3.27. The van der Waals surface area contributed by atoms with Crippen molar-refractivity contribution in [2.75, 3.05) is 39.5 Å². The zero-order valence-electron chi connectivity index (χ0n) is 16.0. The van der Waals surface area contributed by atoms with Crippen LogP contribution in [0.4, 0.5) is 4.39 Å². The summed E-state index contributed by atoms with van der Waals surface area (Å²) in [6.45, 7) is 9.49. The van der Waals surface area contributed by atoms with Gasteiger partial charge in [-0.25, -0.2) is 4.39 Å². The fraction of sp³-hybridized carbons (Fsp3) is 0.632. The van der Waals surface area contributed by atoms with Crippen LogP contribution in [0.15, 0.2) is 29.3 Å². The Hall–Kier alpha value is -1.86. The van der Waals surface area contributed by atoms with E-state index in [0.29, 0.717) is 24.2 Å². The molecular formula is C19H32FN3O3. The minimum atomic E-state index is -0.745. The van der Waals surface area contributed by atoms with Crippen LogP contribution in [0, 0.1) is 11.7 Å². The van der Waals surface area contributed by atoms with Crippen molar-refractivity contribution in [1.82, 2.24) is 10.6 Å². The van der Waals surface area contributed by atoms with E-state index in [4.69, 9.17) is 9.47 Å². The minimum absolute atomic E-state index is 0.0948. The molecule has 1 rings (SSSR count). The predicted octanol–water partition coefficient (Wildman–Crippen LogP) is 2.18. The molecule has 6 nitrogen and oxygen atoms in total. The van der Waals surface area contributed by atoms with Crippen molar-refractivity contribution in [2.45, 2.75) is 33.3 Å². The Labute approximate surface area is 155 Å². The number of hydrogen-bond acceptors (Lipinski definition) is 4. The zero-order chi connectivity index (χ0) is 19.2. The van der Waals surface area contributed by atoms with Crippen molar-refractivity contribution in [1.29, 1.82) is 0 Å². The molecule has 7 heteroatoms. The van der Waals surface area contributed by atoms with Gasteiger partial charge < -0.3 is 25.2 Å². The lowest BCUT2D eigenvalue weighted by Gasteiger charge is -2.14. The van der Waals surface area contributed by atoms with Crippen molar-refractivity contribution in [3.05, 3.63) is 30.1 Å². The Morgan fingerprint density at radius 2 is 1.92 bits per heavy atom. The number of ether oxygens (including phenoxy) is 2. The van der Waals surface area contributed by atoms with Gasteiger partial charge in [0.15, 0.2) is 5.96 Å². The van der Waals surface area contributed by atoms with Gasteiger partial charge in [0.2, 0.25) is 0 Å². The first-order valence-corrected chi connectivity index (χ1v) is 9.17. The predicted molar refractivity (Wildman–Crippen MR) is 102 cm³/mol. The van der Waals surface area contributed by atoms with Gasteiger partial charge in [-0.1, -0.05) is 13.8 Å². The Balaban J connectivity index is 2.27. The number of rotatable bonds is 12. The molecule has 0 aliphatic rings. The van der Waals surface area contributed by atoms with E-state index in [0.717, 1.165) is 26.1 Å². The molecule has 0 radical (unpaired) electrons. The van der Waals surface area contributed by atoms with Crippen molar-refractivity contribution in [3.63, 3.8) is 0 Å². The first kappa shape index (κ1) is 22.2. The summed E-state index contributed by atoms with van der Waals surface area (Å²) >= 11 is 0. The molecule has 1 unspecified atom stereocenters. The summed E-state index contributed by atoms with van der Waals surface area (Å²) in [6.07, 6.45) is 0.137. The molecule has 0 heterocycles. The summed E-state index contributed by atoms with van der Waals surface area (Å²) in [7, 11) is 0. The summed E-state index contributed by atoms with van der Waals surface area (Å²) in [6, 6.07) is 5.69. The maximum Gasteiger partial charge on any atom is 0.191 e. The third-order valence-corrected chi connectivity index (χ3v) is 3.27. The number of benzene rings is 1. The number of nitrogens with zero attached hydrogens (tertiary/aromatic N) is 1. The van der Waals surface area contributed by atoms with E-state index >= 15 is 0 Å². The van der Waals surface area contributed by atoms with Crippen LogP contribution < -0.4 is 15.4 Å². The molecule has 0 aromatic heterocycles. The van der Waals surface area contributed by atoms with Crippen LogP contribution in [-0.4, -0.2) is 56.6 Å². The van der Waals surface area contributed by atoms with E-state index in [-0.39, 0.29) is 19.0 Å². The monoisotopic (exact) mass is 369 g/mol. The van der Waals surface area contributed by atoms with E-state index in [1.807, 2.05) is 6.92 Å². The maximum absolute atomic E-state index is 12.8. The third kappa shape index (κ3) is 10.9. The number of halogens is 1. The molecule has 26 heavy (non-hydrogen) atoms. The Bertz CT molecular complexity index is 509. The van der Waals surface area contributed by atoms with E-state index in [1.54, 1.807) is 0 Å². The Morgan fingerprint density at radius 3 is 2.58 bits per heavy atom. The fourth-order valence-corrected chi connectivity index (χ4v) is 2.01. The van der Waals surface area contributed by atoms with Gasteiger partial charge in [-0.15, -0.1) is 0 Å². The number of nitrogens with one attached hydrogen (secondary N) is 2. The zero-order valence-corrected chi connectivity index (χ0v) is 16.0. The van der Waals surface area contributed by atoms with Gasteiger partial charge >= 0.3 is 0 Å². The largest absolute Gasteiger partial charge is 0.491 e. The van der Waals surface area contributed by atoms with Gasteiger partial charge in [0, 0.05) is 26.3 Å². The highest BCUT2D eigenvalue weighted by Gasteiger charge is 2.06. The van der Waals surface area contributed by atoms with Gasteiger partial charge in [0.1, 0.15) is 24.3 Å². The molecule has 0 aliphatic carbocycles. The summed E-state index contributed by atoms with van der Waals surface area (Å²) in [5.74, 6) is 1.39. The fourth-order valence-electron chi connectivity index (χ4n) is 2.01. The molecule has 0 spiro atoms. The number of hydrogen-bond donors (Lipinski definition) is 3. The number of aliphatic hydroxyl groups excluding tert-OH is 1. The molecule has 0 aliphatic heterocycles. The molecule has 1 atom stereocenters. The molecule has 0 fully saturated rings. The molecule has 0 saturated heterocycles. The van der Waals surface area contributed by atoms with Gasteiger partial charge in [-0.3, -0.25) is 4.99 Å². The van der Waals surface area contributed by atoms with Gasteiger partial charge in [-0.05, 0) is 43.5 Å². The second-order valence-corrected chi connectivity index (χ2v) is 6.39. The van der Waals surface area contributed by atoms with Gasteiger partial charge in [-0.2, -0.15) is 0 Å². The second kappa shape index (κ2) is 13.4. The Kier molecular flexibility index (Phi) is 11.4. The molecule has 3 N–H and O–H groups in total. The average molecular weight is 369 g/mol. The molecule has 0 bridgehead atoms. The van der Waals surface area contributed by atoms with E-state index in [2.05, 4.69) is 29.5 Å². The van der Waals surface area contributed by atoms with Crippen LogP contribution in [0.5, 0.6) is 5.75 Å². The molecule has 1 aromatic rings. The number of aliphatic hydroxyl groups is 1. The normalized spacial score (nSPS) is 12.9. The maximum atomic E-state index is 12.8. The molecular weight excluding hydrogens is 337 g/mol. The van der Waals surface area contributed by atoms with Crippen molar-refractivity contribution in [2.24, 2.45) is 10.9 Å². The highest BCUT2D eigenvalue weighted by atomic mass is 19.1. The lowest BCUT2D eigenvalue weighted by atomic mass is 10.2. The minimum Gasteiger partial charge on any atom is -0.491 e. The number of aliphatic imine (C=N–C) groups is 1. The highest BCUT2D eigenvalue weighted by molar-refractivity contribution is 5.79. The smallest absolute Gasteiger partial charge is 0.191 e. The summed E-state index contributed by atoms with van der Waals surface area (Å²) < 4.78 is 23.8.